The lowest BCUT2D eigenvalue weighted by Gasteiger charge is -2.01. The molecule has 0 aliphatic rings. The fourth-order valence-electron chi connectivity index (χ4n) is 1.99. The molecule has 0 amide bonds. The van der Waals surface area contributed by atoms with Crippen molar-refractivity contribution >= 4 is 6.08 Å². The summed E-state index contributed by atoms with van der Waals surface area (Å²) in [6.07, 6.45) is 5.36. The molecular formula is C17H17. The molecule has 0 heterocycles. The summed E-state index contributed by atoms with van der Waals surface area (Å²) in [6.45, 7) is 4.19. The Morgan fingerprint density at radius 3 is 2.29 bits per heavy atom. The highest BCUT2D eigenvalue weighted by Gasteiger charge is 1.94. The van der Waals surface area contributed by atoms with E-state index in [4.69, 9.17) is 0 Å². The lowest BCUT2D eigenvalue weighted by Crippen LogP contribution is -1.85. The standard InChI is InChI=1S/C17H17/c1-14-11-15(2)13-17(12-14)10-6-9-16-7-4-3-5-8-16/h3-9,12-13H,10H2,1-2H3. The van der Waals surface area contributed by atoms with Gasteiger partial charge in [0.2, 0.25) is 0 Å². The Bertz CT molecular complexity index is 487. The van der Waals surface area contributed by atoms with Crippen LogP contribution in [0.4, 0.5) is 0 Å². The molecule has 0 aromatic heterocycles. The molecule has 0 heteroatoms. The second-order valence-corrected chi connectivity index (χ2v) is 4.37. The lowest BCUT2D eigenvalue weighted by molar-refractivity contribution is 1.22. The molecule has 0 spiro atoms. The fraction of sp³-hybridized carbons (Fsp3) is 0.176. The number of benzene rings is 2. The van der Waals surface area contributed by atoms with Gasteiger partial charge in [-0.15, -0.1) is 0 Å². The van der Waals surface area contributed by atoms with Crippen molar-refractivity contribution in [2.75, 3.05) is 0 Å². The molecule has 0 saturated carbocycles. The molecule has 0 N–H and O–H groups in total. The summed E-state index contributed by atoms with van der Waals surface area (Å²) in [5, 5.41) is 0. The van der Waals surface area contributed by atoms with Gasteiger partial charge in [-0.3, -0.25) is 0 Å². The lowest BCUT2D eigenvalue weighted by atomic mass is 10.0. The van der Waals surface area contributed by atoms with E-state index in [9.17, 15) is 0 Å². The van der Waals surface area contributed by atoms with Gasteiger partial charge in [0.25, 0.3) is 0 Å². The molecule has 2 aromatic rings. The van der Waals surface area contributed by atoms with E-state index < -0.39 is 0 Å². The molecular weight excluding hydrogens is 204 g/mol. The van der Waals surface area contributed by atoms with Crippen LogP contribution in [0.15, 0.2) is 48.5 Å². The van der Waals surface area contributed by atoms with Crippen molar-refractivity contribution in [1.29, 1.82) is 0 Å². The van der Waals surface area contributed by atoms with Crippen LogP contribution >= 0.6 is 0 Å². The van der Waals surface area contributed by atoms with E-state index in [-0.39, 0.29) is 0 Å². The molecule has 1 radical (unpaired) electrons. The minimum atomic E-state index is 0.977. The number of hydrogen-bond acceptors (Lipinski definition) is 0. The normalized spacial score (nSPS) is 10.9. The van der Waals surface area contributed by atoms with E-state index in [1.54, 1.807) is 0 Å². The minimum absolute atomic E-state index is 0.977. The van der Waals surface area contributed by atoms with Gasteiger partial charge in [0.15, 0.2) is 0 Å². The third-order valence-corrected chi connectivity index (χ3v) is 2.66. The molecule has 2 aromatic carbocycles. The molecule has 0 aliphatic carbocycles. The van der Waals surface area contributed by atoms with Gasteiger partial charge in [-0.1, -0.05) is 54.6 Å². The van der Waals surface area contributed by atoms with Gasteiger partial charge < -0.3 is 0 Å². The molecule has 0 fully saturated rings. The second kappa shape index (κ2) is 5.49. The van der Waals surface area contributed by atoms with E-state index in [1.807, 2.05) is 6.07 Å². The van der Waals surface area contributed by atoms with Crippen LogP contribution in [0, 0.1) is 19.9 Å². The van der Waals surface area contributed by atoms with Crippen LogP contribution in [-0.4, -0.2) is 0 Å². The van der Waals surface area contributed by atoms with Crippen molar-refractivity contribution in [3.05, 3.63) is 76.9 Å². The van der Waals surface area contributed by atoms with Gasteiger partial charge in [-0.25, -0.2) is 0 Å². The smallest absolute Gasteiger partial charge is 0.00939 e. The summed E-state index contributed by atoms with van der Waals surface area (Å²) in [6, 6.07) is 18.1. The maximum atomic E-state index is 3.29. The van der Waals surface area contributed by atoms with E-state index in [2.05, 4.69) is 68.5 Å². The van der Waals surface area contributed by atoms with Gasteiger partial charge in [0.1, 0.15) is 0 Å². The number of hydrogen-bond donors (Lipinski definition) is 0. The zero-order valence-corrected chi connectivity index (χ0v) is 10.4. The summed E-state index contributed by atoms with van der Waals surface area (Å²) in [7, 11) is 0. The summed E-state index contributed by atoms with van der Waals surface area (Å²) in [5.74, 6) is 0. The first kappa shape index (κ1) is 11.7. The van der Waals surface area contributed by atoms with Crippen molar-refractivity contribution in [3.8, 4) is 0 Å². The van der Waals surface area contributed by atoms with Crippen LogP contribution in [0.25, 0.3) is 6.08 Å². The topological polar surface area (TPSA) is 0 Å². The fourth-order valence-corrected chi connectivity index (χ4v) is 1.99. The zero-order chi connectivity index (χ0) is 12.1. The molecule has 0 aliphatic heterocycles. The average molecular weight is 221 g/mol. The van der Waals surface area contributed by atoms with Crippen molar-refractivity contribution in [1.82, 2.24) is 0 Å². The quantitative estimate of drug-likeness (QED) is 0.722. The first-order chi connectivity index (χ1) is 8.24. The molecule has 0 saturated heterocycles. The van der Waals surface area contributed by atoms with Crippen LogP contribution in [0.5, 0.6) is 0 Å². The Morgan fingerprint density at radius 1 is 1.00 bits per heavy atom. The molecule has 0 bridgehead atoms. The molecule has 2 rings (SSSR count). The summed E-state index contributed by atoms with van der Waals surface area (Å²) in [5.41, 5.74) is 5.04. The Kier molecular flexibility index (Phi) is 3.77. The summed E-state index contributed by atoms with van der Waals surface area (Å²) in [4.78, 5) is 0. The Balaban J connectivity index is 2.05. The Labute approximate surface area is 104 Å². The minimum Gasteiger partial charge on any atom is -0.0795 e. The maximum absolute atomic E-state index is 3.29. The largest absolute Gasteiger partial charge is 0.0795 e. The number of aryl methyl sites for hydroxylation is 2. The molecule has 0 nitrogen and oxygen atoms in total. The van der Waals surface area contributed by atoms with E-state index >= 15 is 0 Å². The highest BCUT2D eigenvalue weighted by atomic mass is 14.0. The van der Waals surface area contributed by atoms with Crippen molar-refractivity contribution in [2.24, 2.45) is 0 Å². The van der Waals surface area contributed by atoms with Gasteiger partial charge in [0, 0.05) is 0 Å². The van der Waals surface area contributed by atoms with E-state index in [0.717, 1.165) is 6.42 Å². The summed E-state index contributed by atoms with van der Waals surface area (Å²) >= 11 is 0. The van der Waals surface area contributed by atoms with E-state index in [1.165, 1.54) is 22.3 Å². The van der Waals surface area contributed by atoms with Gasteiger partial charge >= 0.3 is 0 Å². The third kappa shape index (κ3) is 3.60. The number of rotatable bonds is 3. The first-order valence-electron chi connectivity index (χ1n) is 5.95. The summed E-state index contributed by atoms with van der Waals surface area (Å²) < 4.78 is 0. The third-order valence-electron chi connectivity index (χ3n) is 2.66. The van der Waals surface area contributed by atoms with Gasteiger partial charge in [-0.2, -0.15) is 0 Å². The van der Waals surface area contributed by atoms with Gasteiger partial charge in [0.05, 0.1) is 0 Å². The molecule has 0 atom stereocenters. The molecule has 85 valence electrons. The monoisotopic (exact) mass is 221 g/mol. The first-order valence-corrected chi connectivity index (χ1v) is 5.95. The molecule has 17 heavy (non-hydrogen) atoms. The van der Waals surface area contributed by atoms with Crippen LogP contribution in [0.1, 0.15) is 22.3 Å². The van der Waals surface area contributed by atoms with Crippen LogP contribution in [0.3, 0.4) is 0 Å². The SMILES string of the molecule is Cc1[c]c(C)cc(CC=Cc2ccccc2)c1. The van der Waals surface area contributed by atoms with Crippen molar-refractivity contribution in [3.63, 3.8) is 0 Å². The Hall–Kier alpha value is -1.82. The highest BCUT2D eigenvalue weighted by Crippen LogP contribution is 2.10. The van der Waals surface area contributed by atoms with Crippen LogP contribution < -0.4 is 0 Å². The second-order valence-electron chi connectivity index (χ2n) is 4.37. The average Bonchev–Trinajstić information content (AvgIpc) is 2.29. The Morgan fingerprint density at radius 2 is 1.65 bits per heavy atom. The van der Waals surface area contributed by atoms with E-state index in [0.29, 0.717) is 0 Å². The number of allylic oxidation sites excluding steroid dienone is 1. The van der Waals surface area contributed by atoms with Crippen molar-refractivity contribution in [2.45, 2.75) is 20.3 Å². The zero-order valence-electron chi connectivity index (χ0n) is 10.4. The predicted molar refractivity (Wildman–Crippen MR) is 73.9 cm³/mol. The van der Waals surface area contributed by atoms with Crippen molar-refractivity contribution < 1.29 is 0 Å². The predicted octanol–water partition coefficient (Wildman–Crippen LogP) is 4.36. The van der Waals surface area contributed by atoms with Gasteiger partial charge in [-0.05, 0) is 48.6 Å². The van der Waals surface area contributed by atoms with Crippen LogP contribution in [-0.2, 0) is 6.42 Å². The maximum Gasteiger partial charge on any atom is -0.00939 e. The highest BCUT2D eigenvalue weighted by molar-refractivity contribution is 5.49. The van der Waals surface area contributed by atoms with Crippen LogP contribution in [0.2, 0.25) is 0 Å². The molecule has 0 unspecified atom stereocenters.